The second kappa shape index (κ2) is 3.73. The van der Waals surface area contributed by atoms with E-state index in [0.717, 1.165) is 5.82 Å². The summed E-state index contributed by atoms with van der Waals surface area (Å²) in [6.45, 7) is 4.50. The highest BCUT2D eigenvalue weighted by atomic mass is 16.4. The van der Waals surface area contributed by atoms with Crippen molar-refractivity contribution in [3.8, 4) is 0 Å². The van der Waals surface area contributed by atoms with E-state index in [9.17, 15) is 9.59 Å². The number of imidazole rings is 1. The van der Waals surface area contributed by atoms with E-state index in [2.05, 4.69) is 4.98 Å². The summed E-state index contributed by atoms with van der Waals surface area (Å²) in [7, 11) is 0. The summed E-state index contributed by atoms with van der Waals surface area (Å²) in [4.78, 5) is 26.5. The van der Waals surface area contributed by atoms with Crippen LogP contribution in [0.2, 0.25) is 0 Å². The highest BCUT2D eigenvalue weighted by Gasteiger charge is 2.27. The summed E-state index contributed by atoms with van der Waals surface area (Å²) in [6.07, 6.45) is 0.670. The number of carbonyl (C=O) groups is 2. The van der Waals surface area contributed by atoms with Crippen molar-refractivity contribution in [1.29, 1.82) is 0 Å². The number of fused-ring (bicyclic) bond motifs is 1. The zero-order valence-corrected chi connectivity index (χ0v) is 9.36. The molecule has 2 rings (SSSR count). The molecule has 0 spiro atoms. The largest absolute Gasteiger partial charge is 0.476 e. The smallest absolute Gasteiger partial charge is 0.356 e. The molecule has 1 aromatic heterocycles. The van der Waals surface area contributed by atoms with Crippen molar-refractivity contribution in [2.24, 2.45) is 0 Å². The van der Waals surface area contributed by atoms with E-state index in [0.29, 0.717) is 18.7 Å². The normalized spacial score (nSPS) is 15.3. The maximum atomic E-state index is 11.3. The van der Waals surface area contributed by atoms with E-state index in [1.54, 1.807) is 0 Å². The molecule has 0 bridgehead atoms. The summed E-state index contributed by atoms with van der Waals surface area (Å²) < 4.78 is 1.88. The standard InChI is InChI=1S/C11H14N2O3/c1-6(2)10-12-9(11(15)16)8-5-7(14)3-4-13(8)10/h6H,3-5H2,1-2H3,(H,15,16). The van der Waals surface area contributed by atoms with E-state index in [1.807, 2.05) is 18.4 Å². The van der Waals surface area contributed by atoms with Gasteiger partial charge < -0.3 is 9.67 Å². The minimum absolute atomic E-state index is 0.0387. The third kappa shape index (κ3) is 1.62. The maximum absolute atomic E-state index is 11.3. The predicted molar refractivity (Wildman–Crippen MR) is 56.6 cm³/mol. The van der Waals surface area contributed by atoms with Gasteiger partial charge in [0, 0.05) is 25.3 Å². The molecule has 0 aliphatic carbocycles. The van der Waals surface area contributed by atoms with E-state index >= 15 is 0 Å². The van der Waals surface area contributed by atoms with E-state index in [1.165, 1.54) is 0 Å². The Morgan fingerprint density at radius 1 is 1.50 bits per heavy atom. The van der Waals surface area contributed by atoms with Gasteiger partial charge in [-0.15, -0.1) is 0 Å². The molecular formula is C11H14N2O3. The van der Waals surface area contributed by atoms with E-state index < -0.39 is 5.97 Å². The number of ketones is 1. The van der Waals surface area contributed by atoms with Gasteiger partial charge in [0.05, 0.1) is 5.69 Å². The average molecular weight is 222 g/mol. The number of carboxylic acid groups (broad SMARTS) is 1. The van der Waals surface area contributed by atoms with Crippen LogP contribution in [-0.4, -0.2) is 26.4 Å². The monoisotopic (exact) mass is 222 g/mol. The van der Waals surface area contributed by atoms with E-state index in [4.69, 9.17) is 5.11 Å². The Hall–Kier alpha value is -1.65. The zero-order chi connectivity index (χ0) is 11.9. The summed E-state index contributed by atoms with van der Waals surface area (Å²) in [5.41, 5.74) is 0.601. The molecule has 1 aromatic rings. The molecule has 0 aromatic carbocycles. The summed E-state index contributed by atoms with van der Waals surface area (Å²) >= 11 is 0. The molecule has 2 heterocycles. The molecule has 0 fully saturated rings. The zero-order valence-electron chi connectivity index (χ0n) is 9.36. The van der Waals surface area contributed by atoms with Crippen molar-refractivity contribution >= 4 is 11.8 Å². The highest BCUT2D eigenvalue weighted by Crippen LogP contribution is 2.23. The molecule has 16 heavy (non-hydrogen) atoms. The van der Waals surface area contributed by atoms with Crippen LogP contribution in [-0.2, 0) is 17.8 Å². The highest BCUT2D eigenvalue weighted by molar-refractivity contribution is 5.90. The number of hydrogen-bond acceptors (Lipinski definition) is 3. The van der Waals surface area contributed by atoms with Crippen molar-refractivity contribution in [3.63, 3.8) is 0 Å². The van der Waals surface area contributed by atoms with Crippen molar-refractivity contribution in [3.05, 3.63) is 17.2 Å². The van der Waals surface area contributed by atoms with Crippen LogP contribution in [0.15, 0.2) is 0 Å². The lowest BCUT2D eigenvalue weighted by atomic mass is 10.1. The Bertz CT molecular complexity index is 460. The van der Waals surface area contributed by atoms with Crippen LogP contribution in [0.1, 0.15) is 48.2 Å². The number of carboxylic acids is 1. The Labute approximate surface area is 93.1 Å². The summed E-state index contributed by atoms with van der Waals surface area (Å²) in [5.74, 6) is -0.0319. The Morgan fingerprint density at radius 2 is 2.19 bits per heavy atom. The summed E-state index contributed by atoms with van der Waals surface area (Å²) in [6, 6.07) is 0. The van der Waals surface area contributed by atoms with Crippen LogP contribution < -0.4 is 0 Å². The lowest BCUT2D eigenvalue weighted by Crippen LogP contribution is -2.21. The fourth-order valence-corrected chi connectivity index (χ4v) is 2.06. The molecule has 0 radical (unpaired) electrons. The van der Waals surface area contributed by atoms with Gasteiger partial charge in [0.15, 0.2) is 5.69 Å². The minimum Gasteiger partial charge on any atom is -0.476 e. The molecule has 0 saturated carbocycles. The lowest BCUT2D eigenvalue weighted by molar-refractivity contribution is -0.119. The van der Waals surface area contributed by atoms with Crippen molar-refractivity contribution in [1.82, 2.24) is 9.55 Å². The SMILES string of the molecule is CC(C)c1nc(C(=O)O)c2n1CCC(=O)C2. The number of nitrogens with zero attached hydrogens (tertiary/aromatic N) is 2. The number of hydrogen-bond donors (Lipinski definition) is 1. The third-order valence-corrected chi connectivity index (χ3v) is 2.80. The number of aromatic carboxylic acids is 1. The first-order chi connectivity index (χ1) is 7.50. The lowest BCUT2D eigenvalue weighted by Gasteiger charge is -2.17. The fraction of sp³-hybridized carbons (Fsp3) is 0.545. The molecule has 5 heteroatoms. The molecule has 1 N–H and O–H groups in total. The molecule has 1 aliphatic heterocycles. The van der Waals surface area contributed by atoms with Crippen LogP contribution in [0.3, 0.4) is 0 Å². The third-order valence-electron chi connectivity index (χ3n) is 2.80. The Balaban J connectivity index is 2.57. The Morgan fingerprint density at radius 3 is 2.75 bits per heavy atom. The van der Waals surface area contributed by atoms with Crippen molar-refractivity contribution in [2.45, 2.75) is 39.2 Å². The first-order valence-electron chi connectivity index (χ1n) is 5.35. The van der Waals surface area contributed by atoms with Gasteiger partial charge in [0.25, 0.3) is 0 Å². The van der Waals surface area contributed by atoms with Gasteiger partial charge in [-0.2, -0.15) is 0 Å². The topological polar surface area (TPSA) is 72.2 Å². The quantitative estimate of drug-likeness (QED) is 0.816. The molecule has 0 atom stereocenters. The average Bonchev–Trinajstić information content (AvgIpc) is 2.56. The fourth-order valence-electron chi connectivity index (χ4n) is 2.06. The van der Waals surface area contributed by atoms with Gasteiger partial charge in [-0.1, -0.05) is 13.8 Å². The number of rotatable bonds is 2. The molecule has 0 unspecified atom stereocenters. The van der Waals surface area contributed by atoms with Crippen LogP contribution in [0.25, 0.3) is 0 Å². The molecule has 0 saturated heterocycles. The van der Waals surface area contributed by atoms with Gasteiger partial charge in [-0.3, -0.25) is 4.79 Å². The number of carbonyl (C=O) groups excluding carboxylic acids is 1. The van der Waals surface area contributed by atoms with Gasteiger partial charge in [0.2, 0.25) is 0 Å². The van der Waals surface area contributed by atoms with Crippen molar-refractivity contribution in [2.75, 3.05) is 0 Å². The molecule has 0 amide bonds. The predicted octanol–water partition coefficient (Wildman–Crippen LogP) is 1.22. The van der Waals surface area contributed by atoms with Gasteiger partial charge in [0.1, 0.15) is 11.6 Å². The van der Waals surface area contributed by atoms with Gasteiger partial charge in [-0.25, -0.2) is 9.78 Å². The minimum atomic E-state index is -1.05. The Kier molecular flexibility index (Phi) is 2.53. The van der Waals surface area contributed by atoms with E-state index in [-0.39, 0.29) is 23.8 Å². The number of Topliss-reactive ketones (excluding diaryl/α,β-unsaturated/α-hetero) is 1. The van der Waals surface area contributed by atoms with Crippen LogP contribution >= 0.6 is 0 Å². The molecule has 5 nitrogen and oxygen atoms in total. The van der Waals surface area contributed by atoms with Crippen LogP contribution in [0.5, 0.6) is 0 Å². The van der Waals surface area contributed by atoms with Gasteiger partial charge in [-0.05, 0) is 0 Å². The first kappa shape index (κ1) is 10.9. The second-order valence-corrected chi connectivity index (χ2v) is 4.34. The number of aromatic nitrogens is 2. The van der Waals surface area contributed by atoms with Crippen LogP contribution in [0, 0.1) is 0 Å². The second-order valence-electron chi connectivity index (χ2n) is 4.34. The molecule has 1 aliphatic rings. The maximum Gasteiger partial charge on any atom is 0.356 e. The molecular weight excluding hydrogens is 208 g/mol. The van der Waals surface area contributed by atoms with Crippen LogP contribution in [0.4, 0.5) is 0 Å². The first-order valence-corrected chi connectivity index (χ1v) is 5.35. The van der Waals surface area contributed by atoms with Crippen molar-refractivity contribution < 1.29 is 14.7 Å². The summed E-state index contributed by atoms with van der Waals surface area (Å²) in [5, 5.41) is 9.04. The molecule has 86 valence electrons. The van der Waals surface area contributed by atoms with Gasteiger partial charge >= 0.3 is 5.97 Å².